The van der Waals surface area contributed by atoms with Crippen LogP contribution >= 0.6 is 11.3 Å². The fourth-order valence-corrected chi connectivity index (χ4v) is 1.78. The van der Waals surface area contributed by atoms with Crippen LogP contribution < -0.4 is 0 Å². The minimum absolute atomic E-state index is 0.684. The topological polar surface area (TPSA) is 43.1 Å². The number of carbonyl (C=O) groups excluding carboxylic acids is 1. The first-order valence-corrected chi connectivity index (χ1v) is 4.27. The van der Waals surface area contributed by atoms with E-state index in [-0.39, 0.29) is 0 Å². The van der Waals surface area contributed by atoms with E-state index in [1.165, 1.54) is 17.6 Å². The van der Waals surface area contributed by atoms with Gasteiger partial charge in [0.1, 0.15) is 6.26 Å². The summed E-state index contributed by atoms with van der Waals surface area (Å²) >= 11 is 1.49. The molecule has 0 saturated heterocycles. The molecule has 0 aliphatic carbocycles. The maximum absolute atomic E-state index is 10.5. The van der Waals surface area contributed by atoms with E-state index >= 15 is 0 Å². The first-order valence-electron chi connectivity index (χ1n) is 3.33. The predicted octanol–water partition coefficient (Wildman–Crippen LogP) is 2.22. The molecule has 60 valence electrons. The highest BCUT2D eigenvalue weighted by Gasteiger charge is 2.06. The average Bonchev–Trinajstić information content (AvgIpc) is 2.74. The van der Waals surface area contributed by atoms with Crippen molar-refractivity contribution in [3.8, 4) is 11.1 Å². The molecule has 3 nitrogen and oxygen atoms in total. The zero-order chi connectivity index (χ0) is 8.39. The quantitative estimate of drug-likeness (QED) is 0.664. The van der Waals surface area contributed by atoms with Crippen LogP contribution in [0.2, 0.25) is 0 Å². The van der Waals surface area contributed by atoms with Crippen molar-refractivity contribution in [1.29, 1.82) is 0 Å². The van der Waals surface area contributed by atoms with Crippen molar-refractivity contribution in [2.75, 3.05) is 0 Å². The normalized spacial score (nSPS) is 10.0. The first-order chi connectivity index (χ1) is 5.92. The molecule has 2 rings (SSSR count). The second-order valence-electron chi connectivity index (χ2n) is 2.27. The maximum Gasteiger partial charge on any atom is 0.151 e. The van der Waals surface area contributed by atoms with E-state index < -0.39 is 0 Å². The molecule has 12 heavy (non-hydrogen) atoms. The van der Waals surface area contributed by atoms with Gasteiger partial charge in [0.15, 0.2) is 6.29 Å². The Morgan fingerprint density at radius 3 is 3.08 bits per heavy atom. The summed E-state index contributed by atoms with van der Waals surface area (Å²) in [4.78, 5) is 10.5. The van der Waals surface area contributed by atoms with Gasteiger partial charge in [-0.15, -0.1) is 0 Å². The first kappa shape index (κ1) is 7.24. The van der Waals surface area contributed by atoms with Crippen LogP contribution in [0.3, 0.4) is 0 Å². The second-order valence-corrected chi connectivity index (χ2v) is 3.02. The summed E-state index contributed by atoms with van der Waals surface area (Å²) < 4.78 is 4.68. The molecule has 0 aliphatic heterocycles. The Balaban J connectivity index is 2.53. The molecule has 0 amide bonds. The number of aldehydes is 1. The summed E-state index contributed by atoms with van der Waals surface area (Å²) in [6.45, 7) is 0. The van der Waals surface area contributed by atoms with Crippen LogP contribution in [-0.4, -0.2) is 11.4 Å². The number of hydrogen-bond acceptors (Lipinski definition) is 4. The van der Waals surface area contributed by atoms with E-state index in [0.717, 1.165) is 17.4 Å². The largest absolute Gasteiger partial charge is 0.364 e. The van der Waals surface area contributed by atoms with Crippen molar-refractivity contribution in [1.82, 2.24) is 5.16 Å². The van der Waals surface area contributed by atoms with Gasteiger partial charge < -0.3 is 4.52 Å². The molecule has 0 aliphatic rings. The lowest BCUT2D eigenvalue weighted by Crippen LogP contribution is -1.77. The fourth-order valence-electron chi connectivity index (χ4n) is 0.971. The predicted molar refractivity (Wildman–Crippen MR) is 45.2 cm³/mol. The van der Waals surface area contributed by atoms with Crippen molar-refractivity contribution in [2.45, 2.75) is 0 Å². The Kier molecular flexibility index (Phi) is 1.75. The molecule has 4 heteroatoms. The lowest BCUT2D eigenvalue weighted by molar-refractivity contribution is 0.112. The Morgan fingerprint density at radius 1 is 1.50 bits per heavy atom. The molecular formula is C8H5NO2S. The minimum atomic E-state index is 0.684. The minimum Gasteiger partial charge on any atom is -0.364 e. The van der Waals surface area contributed by atoms with Crippen molar-refractivity contribution in [2.24, 2.45) is 0 Å². The highest BCUT2D eigenvalue weighted by atomic mass is 32.1. The molecule has 0 unspecified atom stereocenters. The molecule has 0 fully saturated rings. The smallest absolute Gasteiger partial charge is 0.151 e. The third kappa shape index (κ3) is 1.06. The molecule has 2 aromatic heterocycles. The molecule has 0 N–H and O–H groups in total. The molecule has 0 atom stereocenters. The summed E-state index contributed by atoms with van der Waals surface area (Å²) in [5.74, 6) is 0. The van der Waals surface area contributed by atoms with E-state index in [0.29, 0.717) is 5.56 Å². The summed E-state index contributed by atoms with van der Waals surface area (Å²) in [5, 5.41) is 7.27. The number of hydrogen-bond donors (Lipinski definition) is 0. The molecular weight excluding hydrogens is 174 g/mol. The van der Waals surface area contributed by atoms with E-state index in [1.54, 1.807) is 11.6 Å². The number of carbonyl (C=O) groups is 1. The monoisotopic (exact) mass is 179 g/mol. The van der Waals surface area contributed by atoms with E-state index in [4.69, 9.17) is 0 Å². The highest BCUT2D eigenvalue weighted by Crippen LogP contribution is 2.25. The van der Waals surface area contributed by atoms with Gasteiger partial charge in [0.05, 0.1) is 6.20 Å². The average molecular weight is 179 g/mol. The van der Waals surface area contributed by atoms with Crippen LogP contribution in [-0.2, 0) is 0 Å². The highest BCUT2D eigenvalue weighted by molar-refractivity contribution is 7.08. The SMILES string of the molecule is O=Cc1cscc1-c1cnoc1. The molecule has 2 heterocycles. The lowest BCUT2D eigenvalue weighted by Gasteiger charge is -1.89. The maximum atomic E-state index is 10.5. The zero-order valence-electron chi connectivity index (χ0n) is 6.06. The van der Waals surface area contributed by atoms with Gasteiger partial charge in [0, 0.05) is 22.1 Å². The van der Waals surface area contributed by atoms with Gasteiger partial charge in [-0.2, -0.15) is 11.3 Å². The standard InChI is InChI=1S/C8H5NO2S/c10-2-7-4-12-5-8(7)6-1-9-11-3-6/h1-5H. The molecule has 2 aromatic rings. The van der Waals surface area contributed by atoms with Gasteiger partial charge in [-0.25, -0.2) is 0 Å². The zero-order valence-corrected chi connectivity index (χ0v) is 6.88. The number of nitrogens with zero attached hydrogens (tertiary/aromatic N) is 1. The lowest BCUT2D eigenvalue weighted by atomic mass is 10.1. The Labute approximate surface area is 72.6 Å². The van der Waals surface area contributed by atoms with Gasteiger partial charge in [-0.05, 0) is 5.38 Å². The van der Waals surface area contributed by atoms with Gasteiger partial charge in [0.25, 0.3) is 0 Å². The Hall–Kier alpha value is -1.42. The molecule has 0 spiro atoms. The molecule has 0 aromatic carbocycles. The van der Waals surface area contributed by atoms with E-state index in [2.05, 4.69) is 9.68 Å². The third-order valence-electron chi connectivity index (χ3n) is 1.56. The molecule has 0 saturated carbocycles. The molecule has 0 radical (unpaired) electrons. The van der Waals surface area contributed by atoms with Crippen LogP contribution in [0, 0.1) is 0 Å². The van der Waals surface area contributed by atoms with Crippen LogP contribution in [0.25, 0.3) is 11.1 Å². The van der Waals surface area contributed by atoms with Gasteiger partial charge in [0.2, 0.25) is 0 Å². The summed E-state index contributed by atoms with van der Waals surface area (Å²) in [7, 11) is 0. The Morgan fingerprint density at radius 2 is 2.42 bits per heavy atom. The van der Waals surface area contributed by atoms with Gasteiger partial charge >= 0.3 is 0 Å². The number of aromatic nitrogens is 1. The van der Waals surface area contributed by atoms with E-state index in [9.17, 15) is 4.79 Å². The number of rotatable bonds is 2. The van der Waals surface area contributed by atoms with Crippen LogP contribution in [0.15, 0.2) is 27.7 Å². The van der Waals surface area contributed by atoms with Crippen molar-refractivity contribution < 1.29 is 9.32 Å². The van der Waals surface area contributed by atoms with Gasteiger partial charge in [-0.3, -0.25) is 4.79 Å². The van der Waals surface area contributed by atoms with Crippen molar-refractivity contribution in [3.05, 3.63) is 28.8 Å². The van der Waals surface area contributed by atoms with Crippen LogP contribution in [0.5, 0.6) is 0 Å². The summed E-state index contributed by atoms with van der Waals surface area (Å²) in [6.07, 6.45) is 3.95. The summed E-state index contributed by atoms with van der Waals surface area (Å²) in [5.41, 5.74) is 2.41. The van der Waals surface area contributed by atoms with Crippen molar-refractivity contribution >= 4 is 17.6 Å². The second kappa shape index (κ2) is 2.91. The van der Waals surface area contributed by atoms with Crippen LogP contribution in [0.4, 0.5) is 0 Å². The van der Waals surface area contributed by atoms with Gasteiger partial charge in [-0.1, -0.05) is 5.16 Å². The van der Waals surface area contributed by atoms with Crippen molar-refractivity contribution in [3.63, 3.8) is 0 Å². The number of thiophene rings is 1. The van der Waals surface area contributed by atoms with E-state index in [1.807, 2.05) is 5.38 Å². The third-order valence-corrected chi connectivity index (χ3v) is 2.32. The fraction of sp³-hybridized carbons (Fsp3) is 0. The molecule has 0 bridgehead atoms. The summed E-state index contributed by atoms with van der Waals surface area (Å²) in [6, 6.07) is 0. The van der Waals surface area contributed by atoms with Crippen LogP contribution in [0.1, 0.15) is 10.4 Å². The Bertz CT molecular complexity index is 377.